The molecular weight excluding hydrogens is 242 g/mol. The summed E-state index contributed by atoms with van der Waals surface area (Å²) >= 11 is 2.06. The molecule has 3 rings (SSSR count). The smallest absolute Gasteiger partial charge is 0.0724 e. The van der Waals surface area contributed by atoms with E-state index < -0.39 is 0 Å². The molecule has 1 aromatic carbocycles. The Balaban J connectivity index is 1.81. The average Bonchev–Trinajstić information content (AvgIpc) is 2.91. The SMILES string of the molecule is Nc1c(NCC2CCCS2)ccc2ncccc12. The van der Waals surface area contributed by atoms with Gasteiger partial charge in [-0.25, -0.2) is 0 Å². The van der Waals surface area contributed by atoms with Crippen molar-refractivity contribution in [2.75, 3.05) is 23.3 Å². The first-order chi connectivity index (χ1) is 8.84. The number of fused-ring (bicyclic) bond motifs is 1. The summed E-state index contributed by atoms with van der Waals surface area (Å²) in [6.07, 6.45) is 4.45. The van der Waals surface area contributed by atoms with E-state index in [1.54, 1.807) is 6.20 Å². The fraction of sp³-hybridized carbons (Fsp3) is 0.357. The van der Waals surface area contributed by atoms with Crippen LogP contribution in [-0.2, 0) is 0 Å². The van der Waals surface area contributed by atoms with Gasteiger partial charge in [0.1, 0.15) is 0 Å². The molecule has 0 aliphatic carbocycles. The molecule has 1 aliphatic heterocycles. The van der Waals surface area contributed by atoms with Gasteiger partial charge in [0, 0.05) is 23.4 Å². The van der Waals surface area contributed by atoms with E-state index >= 15 is 0 Å². The maximum absolute atomic E-state index is 6.19. The van der Waals surface area contributed by atoms with E-state index in [1.165, 1.54) is 18.6 Å². The molecule has 1 fully saturated rings. The van der Waals surface area contributed by atoms with Gasteiger partial charge in [0.25, 0.3) is 0 Å². The van der Waals surface area contributed by atoms with Crippen LogP contribution >= 0.6 is 11.8 Å². The predicted molar refractivity (Wildman–Crippen MR) is 80.1 cm³/mol. The molecule has 3 nitrogen and oxygen atoms in total. The normalized spacial score (nSPS) is 19.2. The molecule has 1 atom stereocenters. The number of pyridine rings is 1. The molecule has 4 heteroatoms. The third-order valence-electron chi connectivity index (χ3n) is 3.37. The number of hydrogen-bond acceptors (Lipinski definition) is 4. The van der Waals surface area contributed by atoms with Crippen molar-refractivity contribution in [2.24, 2.45) is 0 Å². The first-order valence-electron chi connectivity index (χ1n) is 6.33. The number of nitrogen functional groups attached to an aromatic ring is 1. The van der Waals surface area contributed by atoms with Crippen LogP contribution in [0.4, 0.5) is 11.4 Å². The van der Waals surface area contributed by atoms with Crippen LogP contribution in [0.25, 0.3) is 10.9 Å². The summed E-state index contributed by atoms with van der Waals surface area (Å²) in [5.41, 5.74) is 8.99. The minimum absolute atomic E-state index is 0.731. The van der Waals surface area contributed by atoms with Crippen molar-refractivity contribution < 1.29 is 0 Å². The Morgan fingerprint density at radius 3 is 3.17 bits per heavy atom. The average molecular weight is 259 g/mol. The van der Waals surface area contributed by atoms with Gasteiger partial charge >= 0.3 is 0 Å². The molecule has 1 aromatic heterocycles. The van der Waals surface area contributed by atoms with E-state index in [1.807, 2.05) is 24.3 Å². The highest BCUT2D eigenvalue weighted by atomic mass is 32.2. The molecule has 1 aliphatic rings. The molecule has 0 radical (unpaired) electrons. The number of nitrogens with one attached hydrogen (secondary N) is 1. The van der Waals surface area contributed by atoms with Crippen molar-refractivity contribution in [1.82, 2.24) is 4.98 Å². The Kier molecular flexibility index (Phi) is 3.28. The first kappa shape index (κ1) is 11.7. The highest BCUT2D eigenvalue weighted by Crippen LogP contribution is 2.30. The minimum atomic E-state index is 0.731. The predicted octanol–water partition coefficient (Wildman–Crippen LogP) is 3.12. The molecule has 3 N–H and O–H groups in total. The molecule has 2 heterocycles. The Bertz CT molecular complexity index is 550. The highest BCUT2D eigenvalue weighted by molar-refractivity contribution is 8.00. The van der Waals surface area contributed by atoms with Crippen LogP contribution in [-0.4, -0.2) is 22.5 Å². The van der Waals surface area contributed by atoms with Crippen molar-refractivity contribution >= 4 is 34.0 Å². The Morgan fingerprint density at radius 1 is 1.39 bits per heavy atom. The van der Waals surface area contributed by atoms with E-state index in [2.05, 4.69) is 22.1 Å². The van der Waals surface area contributed by atoms with E-state index in [0.717, 1.165) is 34.1 Å². The summed E-state index contributed by atoms with van der Waals surface area (Å²) in [4.78, 5) is 4.31. The third-order valence-corrected chi connectivity index (χ3v) is 4.77. The van der Waals surface area contributed by atoms with Crippen LogP contribution in [0.1, 0.15) is 12.8 Å². The zero-order chi connectivity index (χ0) is 12.4. The lowest BCUT2D eigenvalue weighted by molar-refractivity contribution is 0.806. The second kappa shape index (κ2) is 5.06. The van der Waals surface area contributed by atoms with E-state index in [9.17, 15) is 0 Å². The summed E-state index contributed by atoms with van der Waals surface area (Å²) in [5, 5.41) is 5.23. The molecule has 1 unspecified atom stereocenters. The van der Waals surface area contributed by atoms with Crippen LogP contribution < -0.4 is 11.1 Å². The largest absolute Gasteiger partial charge is 0.397 e. The van der Waals surface area contributed by atoms with Crippen molar-refractivity contribution in [3.8, 4) is 0 Å². The van der Waals surface area contributed by atoms with Gasteiger partial charge in [-0.15, -0.1) is 0 Å². The van der Waals surface area contributed by atoms with Gasteiger partial charge in [-0.05, 0) is 42.9 Å². The Labute approximate surface area is 111 Å². The third kappa shape index (κ3) is 2.25. The van der Waals surface area contributed by atoms with Crippen LogP contribution in [0, 0.1) is 0 Å². The maximum Gasteiger partial charge on any atom is 0.0724 e. The van der Waals surface area contributed by atoms with Gasteiger partial charge in [0.05, 0.1) is 16.9 Å². The number of benzene rings is 1. The number of rotatable bonds is 3. The number of hydrogen-bond donors (Lipinski definition) is 2. The van der Waals surface area contributed by atoms with Crippen molar-refractivity contribution in [3.05, 3.63) is 30.5 Å². The van der Waals surface area contributed by atoms with E-state index in [-0.39, 0.29) is 0 Å². The number of thioether (sulfide) groups is 1. The zero-order valence-electron chi connectivity index (χ0n) is 10.2. The van der Waals surface area contributed by atoms with Crippen LogP contribution in [0.5, 0.6) is 0 Å². The van der Waals surface area contributed by atoms with Gasteiger partial charge < -0.3 is 11.1 Å². The quantitative estimate of drug-likeness (QED) is 0.832. The second-order valence-electron chi connectivity index (χ2n) is 4.61. The van der Waals surface area contributed by atoms with Gasteiger partial charge in [-0.3, -0.25) is 4.98 Å². The monoisotopic (exact) mass is 259 g/mol. The minimum Gasteiger partial charge on any atom is -0.397 e. The Hall–Kier alpha value is -1.42. The standard InChI is InChI=1S/C14H17N3S/c15-14-11-4-1-7-16-12(11)5-6-13(14)17-9-10-3-2-8-18-10/h1,4-7,10,17H,2-3,8-9,15H2. The lowest BCUT2D eigenvalue weighted by Gasteiger charge is -2.14. The van der Waals surface area contributed by atoms with Crippen molar-refractivity contribution in [1.29, 1.82) is 0 Å². The summed E-state index contributed by atoms with van der Waals surface area (Å²) in [7, 11) is 0. The van der Waals surface area contributed by atoms with Gasteiger partial charge in [0.2, 0.25) is 0 Å². The lowest BCUT2D eigenvalue weighted by atomic mass is 10.1. The van der Waals surface area contributed by atoms with E-state index in [0.29, 0.717) is 0 Å². The summed E-state index contributed by atoms with van der Waals surface area (Å²) in [6.45, 7) is 1.00. The topological polar surface area (TPSA) is 50.9 Å². The maximum atomic E-state index is 6.19. The summed E-state index contributed by atoms with van der Waals surface area (Å²) < 4.78 is 0. The molecule has 0 spiro atoms. The summed E-state index contributed by atoms with van der Waals surface area (Å²) in [6, 6.07) is 8.00. The number of nitrogens with zero attached hydrogens (tertiary/aromatic N) is 1. The second-order valence-corrected chi connectivity index (χ2v) is 6.02. The van der Waals surface area contributed by atoms with Gasteiger partial charge in [0.15, 0.2) is 0 Å². The number of aromatic nitrogens is 1. The van der Waals surface area contributed by atoms with Crippen LogP contribution in [0.2, 0.25) is 0 Å². The molecule has 94 valence electrons. The molecule has 0 saturated carbocycles. The lowest BCUT2D eigenvalue weighted by Crippen LogP contribution is -2.14. The molecule has 0 bridgehead atoms. The summed E-state index contributed by atoms with van der Waals surface area (Å²) in [5.74, 6) is 1.30. The zero-order valence-corrected chi connectivity index (χ0v) is 11.0. The van der Waals surface area contributed by atoms with Gasteiger partial charge in [-0.2, -0.15) is 11.8 Å². The molecular formula is C14H17N3S. The number of anilines is 2. The fourth-order valence-corrected chi connectivity index (χ4v) is 3.56. The molecule has 2 aromatic rings. The van der Waals surface area contributed by atoms with Crippen LogP contribution in [0.3, 0.4) is 0 Å². The van der Waals surface area contributed by atoms with Crippen molar-refractivity contribution in [3.63, 3.8) is 0 Å². The fourth-order valence-electron chi connectivity index (χ4n) is 2.36. The van der Waals surface area contributed by atoms with E-state index in [4.69, 9.17) is 5.73 Å². The molecule has 1 saturated heterocycles. The number of nitrogens with two attached hydrogens (primary N) is 1. The first-order valence-corrected chi connectivity index (χ1v) is 7.38. The molecule has 18 heavy (non-hydrogen) atoms. The highest BCUT2D eigenvalue weighted by Gasteiger charge is 2.15. The Morgan fingerprint density at radius 2 is 2.33 bits per heavy atom. The van der Waals surface area contributed by atoms with Gasteiger partial charge in [-0.1, -0.05) is 0 Å². The molecule has 0 amide bonds. The van der Waals surface area contributed by atoms with Crippen LogP contribution in [0.15, 0.2) is 30.5 Å². The van der Waals surface area contributed by atoms with Crippen molar-refractivity contribution in [2.45, 2.75) is 18.1 Å².